The molecular weight excluding hydrogens is 314 g/mol. The lowest BCUT2D eigenvalue weighted by molar-refractivity contribution is 0.159. The minimum atomic E-state index is -2.14. The van der Waals surface area contributed by atoms with Crippen LogP contribution in [0, 0.1) is 0 Å². The molecule has 0 aliphatic heterocycles. The lowest BCUT2D eigenvalue weighted by atomic mass is 10.2. The Hall–Kier alpha value is -1.43. The van der Waals surface area contributed by atoms with Gasteiger partial charge in [-0.1, -0.05) is 30.3 Å². The zero-order valence-corrected chi connectivity index (χ0v) is 11.5. The fraction of sp³-hybridized carbons (Fsp3) is 0.0909. The Morgan fingerprint density at radius 3 is 2.58 bits per heavy atom. The molecule has 0 aliphatic carbocycles. The number of aromatic nitrogens is 1. The highest BCUT2D eigenvalue weighted by atomic mass is 35.6. The Labute approximate surface area is 123 Å². The predicted octanol–water partition coefficient (Wildman–Crippen LogP) is 4.22. The smallest absolute Gasteiger partial charge is 0.418 e. The largest absolute Gasteiger partial charge is 0.423 e. The van der Waals surface area contributed by atoms with Gasteiger partial charge in [0.1, 0.15) is 0 Å². The predicted molar refractivity (Wildman–Crippen MR) is 72.3 cm³/mol. The number of rotatable bonds is 2. The first-order valence-electron chi connectivity index (χ1n) is 5.02. The van der Waals surface area contributed by atoms with Crippen LogP contribution < -0.4 is 5.32 Å². The van der Waals surface area contributed by atoms with Gasteiger partial charge in [0.05, 0.1) is 6.20 Å². The van der Waals surface area contributed by atoms with Gasteiger partial charge in [0.25, 0.3) is 0 Å². The summed E-state index contributed by atoms with van der Waals surface area (Å²) >= 11 is 15.9. The molecule has 0 saturated carbocycles. The van der Waals surface area contributed by atoms with Crippen molar-refractivity contribution in [1.29, 1.82) is 0 Å². The van der Waals surface area contributed by atoms with Crippen molar-refractivity contribution in [3.05, 3.63) is 36.5 Å². The van der Waals surface area contributed by atoms with Crippen molar-refractivity contribution in [2.45, 2.75) is 3.98 Å². The second-order valence-electron chi connectivity index (χ2n) is 3.36. The average molecular weight is 322 g/mol. The molecule has 0 fully saturated rings. The van der Waals surface area contributed by atoms with Gasteiger partial charge in [-0.25, -0.2) is 15.1 Å². The van der Waals surface area contributed by atoms with E-state index < -0.39 is 10.1 Å². The summed E-state index contributed by atoms with van der Waals surface area (Å²) in [5.74, 6) is 0.491. The fourth-order valence-electron chi connectivity index (χ4n) is 1.29. The normalized spacial score (nSPS) is 11.1. The van der Waals surface area contributed by atoms with E-state index >= 15 is 0 Å². The first-order valence-corrected chi connectivity index (χ1v) is 6.15. The number of anilines is 1. The van der Waals surface area contributed by atoms with Crippen LogP contribution in [-0.2, 0) is 4.74 Å². The third kappa shape index (κ3) is 4.31. The topological polar surface area (TPSA) is 64.4 Å². The van der Waals surface area contributed by atoms with Crippen LogP contribution in [0.3, 0.4) is 0 Å². The summed E-state index contributed by atoms with van der Waals surface area (Å²) in [4.78, 5) is 15.1. The molecule has 1 N–H and O–H groups in total. The highest BCUT2D eigenvalue weighted by Crippen LogP contribution is 2.28. The molecule has 0 bridgehead atoms. The number of nitrogens with one attached hydrogen (secondary N) is 1. The molecule has 0 atom stereocenters. The quantitative estimate of drug-likeness (QED) is 0.841. The Morgan fingerprint density at radius 1 is 1.26 bits per heavy atom. The second kappa shape index (κ2) is 5.69. The maximum absolute atomic E-state index is 11.3. The number of carbonyl (C=O) groups is 1. The first-order chi connectivity index (χ1) is 8.94. The number of carbonyl (C=O) groups excluding carboxylic acids is 1. The van der Waals surface area contributed by atoms with Gasteiger partial charge in [0, 0.05) is 5.56 Å². The van der Waals surface area contributed by atoms with Crippen molar-refractivity contribution < 1.29 is 13.9 Å². The molecular formula is C11H7Cl3N2O3. The average Bonchev–Trinajstić information content (AvgIpc) is 2.76. The van der Waals surface area contributed by atoms with Crippen LogP contribution in [0.2, 0.25) is 0 Å². The van der Waals surface area contributed by atoms with Crippen molar-refractivity contribution in [3.63, 3.8) is 0 Å². The lowest BCUT2D eigenvalue weighted by Gasteiger charge is -2.10. The number of amides is 1. The van der Waals surface area contributed by atoms with E-state index in [1.807, 2.05) is 30.3 Å². The molecule has 1 amide bonds. The zero-order valence-electron chi connectivity index (χ0n) is 9.27. The van der Waals surface area contributed by atoms with Crippen LogP contribution in [0.4, 0.5) is 10.8 Å². The van der Waals surface area contributed by atoms with Crippen LogP contribution in [0.1, 0.15) is 0 Å². The van der Waals surface area contributed by atoms with Gasteiger partial charge in [-0.15, -0.1) is 0 Å². The summed E-state index contributed by atoms with van der Waals surface area (Å²) in [5.41, 5.74) is 0.817. The van der Waals surface area contributed by atoms with Crippen LogP contribution in [0.5, 0.6) is 0 Å². The number of ether oxygens (including phenoxy) is 1. The highest BCUT2D eigenvalue weighted by molar-refractivity contribution is 6.66. The Morgan fingerprint density at radius 2 is 1.95 bits per heavy atom. The number of alkyl halides is 3. The molecule has 2 rings (SSSR count). The molecule has 2 aromatic rings. The minimum Gasteiger partial charge on any atom is -0.423 e. The van der Waals surface area contributed by atoms with Gasteiger partial charge in [0.2, 0.25) is 0 Å². The van der Waals surface area contributed by atoms with E-state index in [0.29, 0.717) is 5.76 Å². The van der Waals surface area contributed by atoms with Crippen LogP contribution in [0.15, 0.2) is 40.9 Å². The molecule has 1 heterocycles. The van der Waals surface area contributed by atoms with Gasteiger partial charge in [0.15, 0.2) is 5.76 Å². The van der Waals surface area contributed by atoms with Crippen molar-refractivity contribution in [2.24, 2.45) is 0 Å². The summed E-state index contributed by atoms with van der Waals surface area (Å²) in [6, 6.07) is 9.19. The number of nitrogens with zero attached hydrogens (tertiary/aromatic N) is 1. The van der Waals surface area contributed by atoms with Gasteiger partial charge in [-0.3, -0.25) is 0 Å². The maximum atomic E-state index is 11.3. The summed E-state index contributed by atoms with van der Waals surface area (Å²) in [5, 5.41) is 2.20. The lowest BCUT2D eigenvalue weighted by Crippen LogP contribution is -2.21. The van der Waals surface area contributed by atoms with Gasteiger partial charge >= 0.3 is 16.1 Å². The van der Waals surface area contributed by atoms with E-state index in [1.165, 1.54) is 6.20 Å². The third-order valence-electron chi connectivity index (χ3n) is 1.98. The molecule has 0 unspecified atom stereocenters. The molecule has 8 heteroatoms. The number of halogens is 3. The molecule has 0 radical (unpaired) electrons. The van der Waals surface area contributed by atoms with Gasteiger partial charge in [-0.2, -0.15) is 0 Å². The monoisotopic (exact) mass is 320 g/mol. The van der Waals surface area contributed by atoms with E-state index in [0.717, 1.165) is 5.56 Å². The van der Waals surface area contributed by atoms with Crippen molar-refractivity contribution in [2.75, 3.05) is 5.32 Å². The molecule has 5 nitrogen and oxygen atoms in total. The van der Waals surface area contributed by atoms with E-state index in [1.54, 1.807) is 0 Å². The molecule has 1 aromatic carbocycles. The molecule has 19 heavy (non-hydrogen) atoms. The second-order valence-corrected chi connectivity index (χ2v) is 5.53. The molecule has 1 aromatic heterocycles. The standard InChI is InChI=1S/C11H7Cl3N2O3/c12-11(13,14)19-10(17)16-9-15-6-8(18-9)7-4-2-1-3-5-7/h1-6H,(H,15,16,17). The SMILES string of the molecule is O=C(Nc1ncc(-c2ccccc2)o1)OC(Cl)(Cl)Cl. The Kier molecular flexibility index (Phi) is 4.19. The molecule has 0 saturated heterocycles. The summed E-state index contributed by atoms with van der Waals surface area (Å²) in [7, 11) is 0. The summed E-state index contributed by atoms with van der Waals surface area (Å²) < 4.78 is 7.57. The zero-order chi connectivity index (χ0) is 13.9. The number of hydrogen-bond donors (Lipinski definition) is 1. The minimum absolute atomic E-state index is 0.0573. The number of hydrogen-bond acceptors (Lipinski definition) is 4. The van der Waals surface area contributed by atoms with E-state index in [-0.39, 0.29) is 6.01 Å². The maximum Gasteiger partial charge on any atom is 0.418 e. The first kappa shape index (κ1) is 14.0. The fourth-order valence-corrected chi connectivity index (χ4v) is 1.50. The van der Waals surface area contributed by atoms with Crippen molar-refractivity contribution >= 4 is 46.9 Å². The van der Waals surface area contributed by atoms with E-state index in [4.69, 9.17) is 39.2 Å². The Bertz CT molecular complexity index is 566. The van der Waals surface area contributed by atoms with Crippen LogP contribution in [0.25, 0.3) is 11.3 Å². The number of benzene rings is 1. The van der Waals surface area contributed by atoms with E-state index in [2.05, 4.69) is 15.0 Å². The Balaban J connectivity index is 2.04. The van der Waals surface area contributed by atoms with Gasteiger partial charge < -0.3 is 9.15 Å². The third-order valence-corrected chi connectivity index (χ3v) is 2.21. The van der Waals surface area contributed by atoms with Crippen molar-refractivity contribution in [1.82, 2.24) is 4.98 Å². The molecule has 100 valence electrons. The number of oxazole rings is 1. The molecule has 0 aliphatic rings. The van der Waals surface area contributed by atoms with Gasteiger partial charge in [-0.05, 0) is 34.8 Å². The van der Waals surface area contributed by atoms with E-state index in [9.17, 15) is 4.79 Å². The van der Waals surface area contributed by atoms with Crippen LogP contribution >= 0.6 is 34.8 Å². The molecule has 0 spiro atoms. The summed E-state index contributed by atoms with van der Waals surface area (Å²) in [6.07, 6.45) is 0.474. The van der Waals surface area contributed by atoms with Crippen molar-refractivity contribution in [3.8, 4) is 11.3 Å². The highest BCUT2D eigenvalue weighted by Gasteiger charge is 2.26. The van der Waals surface area contributed by atoms with Crippen LogP contribution in [-0.4, -0.2) is 15.1 Å². The summed E-state index contributed by atoms with van der Waals surface area (Å²) in [6.45, 7) is 0.